The van der Waals surface area contributed by atoms with Gasteiger partial charge in [0.1, 0.15) is 23.3 Å². The summed E-state index contributed by atoms with van der Waals surface area (Å²) in [5.74, 6) is 0.612. The van der Waals surface area contributed by atoms with Crippen molar-refractivity contribution in [1.82, 2.24) is 0 Å². The molecule has 0 saturated carbocycles. The van der Waals surface area contributed by atoms with Gasteiger partial charge in [0.05, 0.1) is 4.90 Å². The van der Waals surface area contributed by atoms with Crippen molar-refractivity contribution in [3.05, 3.63) is 98.9 Å². The van der Waals surface area contributed by atoms with Crippen molar-refractivity contribution in [3.63, 3.8) is 0 Å². The number of rotatable bonds is 6. The van der Waals surface area contributed by atoms with Crippen LogP contribution in [0.4, 0.5) is 0 Å². The quantitative estimate of drug-likeness (QED) is 0.444. The summed E-state index contributed by atoms with van der Waals surface area (Å²) in [6.07, 6.45) is 1.32. The van der Waals surface area contributed by atoms with E-state index in [2.05, 4.69) is 0 Å². The molecule has 0 N–H and O–H groups in total. The molecule has 0 aromatic heterocycles. The predicted molar refractivity (Wildman–Crippen MR) is 114 cm³/mol. The van der Waals surface area contributed by atoms with E-state index in [1.165, 1.54) is 30.3 Å². The molecule has 29 heavy (non-hydrogen) atoms. The molecule has 0 heterocycles. The highest BCUT2D eigenvalue weighted by atomic mass is 35.5. The standard InChI is InChI=1S/C22H15Cl2NO3S/c23-18-6-10-21(11-7-18)29(26,27)22(14-25)13-16-4-8-20(9-5-16)28-15-17-2-1-3-19(24)12-17/h1-13H,15H2. The number of allylic oxidation sites excluding steroid dienone is 1. The van der Waals surface area contributed by atoms with Crippen molar-refractivity contribution >= 4 is 39.1 Å². The van der Waals surface area contributed by atoms with Crippen LogP contribution < -0.4 is 4.74 Å². The molecular formula is C22H15Cl2NO3S. The lowest BCUT2D eigenvalue weighted by Gasteiger charge is -2.07. The molecule has 3 rings (SSSR count). The molecular weight excluding hydrogens is 429 g/mol. The minimum Gasteiger partial charge on any atom is -0.489 e. The Labute approximate surface area is 179 Å². The summed E-state index contributed by atoms with van der Waals surface area (Å²) in [6.45, 7) is 0.351. The van der Waals surface area contributed by atoms with Crippen LogP contribution in [0.5, 0.6) is 5.75 Å². The van der Waals surface area contributed by atoms with Crippen molar-refractivity contribution in [3.8, 4) is 11.8 Å². The second-order valence-corrected chi connectivity index (χ2v) is 8.86. The monoisotopic (exact) mass is 443 g/mol. The maximum absolute atomic E-state index is 12.7. The van der Waals surface area contributed by atoms with Crippen LogP contribution in [0.3, 0.4) is 0 Å². The SMILES string of the molecule is N#CC(=Cc1ccc(OCc2cccc(Cl)c2)cc1)S(=O)(=O)c1ccc(Cl)cc1. The van der Waals surface area contributed by atoms with Crippen molar-refractivity contribution < 1.29 is 13.2 Å². The van der Waals surface area contributed by atoms with Crippen LogP contribution in [0.2, 0.25) is 10.0 Å². The van der Waals surface area contributed by atoms with Crippen LogP contribution in [0.15, 0.2) is 82.6 Å². The van der Waals surface area contributed by atoms with Gasteiger partial charge in [0.25, 0.3) is 0 Å². The van der Waals surface area contributed by atoms with Crippen LogP contribution in [0, 0.1) is 11.3 Å². The second-order valence-electron chi connectivity index (χ2n) is 6.07. The van der Waals surface area contributed by atoms with Gasteiger partial charge in [0.2, 0.25) is 9.84 Å². The van der Waals surface area contributed by atoms with Gasteiger partial charge in [-0.05, 0) is 65.7 Å². The fraction of sp³-hybridized carbons (Fsp3) is 0.0455. The Balaban J connectivity index is 1.76. The van der Waals surface area contributed by atoms with Gasteiger partial charge in [-0.2, -0.15) is 5.26 Å². The number of nitrogens with zero attached hydrogens (tertiary/aromatic N) is 1. The summed E-state index contributed by atoms with van der Waals surface area (Å²) < 4.78 is 31.0. The molecule has 7 heteroatoms. The zero-order valence-electron chi connectivity index (χ0n) is 15.0. The largest absolute Gasteiger partial charge is 0.489 e. The minimum atomic E-state index is -3.93. The molecule has 146 valence electrons. The van der Waals surface area contributed by atoms with E-state index in [0.29, 0.717) is 28.0 Å². The molecule has 0 aliphatic carbocycles. The molecule has 0 atom stereocenters. The van der Waals surface area contributed by atoms with Gasteiger partial charge >= 0.3 is 0 Å². The Morgan fingerprint density at radius 2 is 1.66 bits per heavy atom. The van der Waals surface area contributed by atoms with Crippen LogP contribution in [0.25, 0.3) is 6.08 Å². The van der Waals surface area contributed by atoms with Crippen molar-refractivity contribution in [2.75, 3.05) is 0 Å². The maximum Gasteiger partial charge on any atom is 0.216 e. The van der Waals surface area contributed by atoms with Gasteiger partial charge in [-0.1, -0.05) is 47.5 Å². The normalized spacial score (nSPS) is 11.7. The Bertz CT molecular complexity index is 1180. The van der Waals surface area contributed by atoms with Gasteiger partial charge in [-0.25, -0.2) is 8.42 Å². The van der Waals surface area contributed by atoms with E-state index in [0.717, 1.165) is 5.56 Å². The molecule has 0 radical (unpaired) electrons. The number of hydrogen-bond donors (Lipinski definition) is 0. The van der Waals surface area contributed by atoms with Crippen molar-refractivity contribution in [2.45, 2.75) is 11.5 Å². The molecule has 3 aromatic carbocycles. The van der Waals surface area contributed by atoms with Crippen LogP contribution in [-0.2, 0) is 16.4 Å². The van der Waals surface area contributed by atoms with Gasteiger partial charge in [-0.15, -0.1) is 0 Å². The van der Waals surface area contributed by atoms with E-state index in [-0.39, 0.29) is 9.80 Å². The Kier molecular flexibility index (Phi) is 6.60. The molecule has 0 unspecified atom stereocenters. The molecule has 0 bridgehead atoms. The van der Waals surface area contributed by atoms with Crippen LogP contribution in [-0.4, -0.2) is 8.42 Å². The van der Waals surface area contributed by atoms with Gasteiger partial charge in [0.15, 0.2) is 0 Å². The third-order valence-corrected chi connectivity index (χ3v) is 6.16. The first-order valence-corrected chi connectivity index (χ1v) is 10.7. The minimum absolute atomic E-state index is 0.0103. The van der Waals surface area contributed by atoms with Gasteiger partial charge < -0.3 is 4.74 Å². The van der Waals surface area contributed by atoms with Crippen LogP contribution >= 0.6 is 23.2 Å². The number of sulfone groups is 1. The molecule has 0 aliphatic heterocycles. The van der Waals surface area contributed by atoms with E-state index < -0.39 is 9.84 Å². The maximum atomic E-state index is 12.7. The first-order valence-electron chi connectivity index (χ1n) is 8.48. The van der Waals surface area contributed by atoms with E-state index >= 15 is 0 Å². The molecule has 0 aliphatic rings. The lowest BCUT2D eigenvalue weighted by atomic mass is 10.2. The zero-order chi connectivity index (χ0) is 20.9. The molecule has 3 aromatic rings. The molecule has 0 fully saturated rings. The van der Waals surface area contributed by atoms with E-state index in [4.69, 9.17) is 27.9 Å². The summed E-state index contributed by atoms with van der Waals surface area (Å²) in [7, 11) is -3.93. The summed E-state index contributed by atoms with van der Waals surface area (Å²) in [4.78, 5) is -0.344. The number of nitriles is 1. The molecule has 0 saturated heterocycles. The lowest BCUT2D eigenvalue weighted by molar-refractivity contribution is 0.306. The average molecular weight is 444 g/mol. The second kappa shape index (κ2) is 9.15. The third kappa shape index (κ3) is 5.39. The number of benzene rings is 3. The molecule has 4 nitrogen and oxygen atoms in total. The first-order chi connectivity index (χ1) is 13.9. The van der Waals surface area contributed by atoms with Crippen molar-refractivity contribution in [2.24, 2.45) is 0 Å². The Morgan fingerprint density at radius 1 is 0.966 bits per heavy atom. The fourth-order valence-corrected chi connectivity index (χ4v) is 4.01. The van der Waals surface area contributed by atoms with Crippen LogP contribution in [0.1, 0.15) is 11.1 Å². The summed E-state index contributed by atoms with van der Waals surface area (Å²) >= 11 is 11.8. The number of halogens is 2. The highest BCUT2D eigenvalue weighted by Gasteiger charge is 2.20. The number of ether oxygens (including phenoxy) is 1. The Hall–Kier alpha value is -2.78. The summed E-state index contributed by atoms with van der Waals surface area (Å²) in [5.41, 5.74) is 1.50. The molecule has 0 spiro atoms. The lowest BCUT2D eigenvalue weighted by Crippen LogP contribution is -2.03. The van der Waals surface area contributed by atoms with E-state index in [1.54, 1.807) is 36.4 Å². The van der Waals surface area contributed by atoms with Crippen molar-refractivity contribution in [1.29, 1.82) is 5.26 Å². The van der Waals surface area contributed by atoms with E-state index in [9.17, 15) is 13.7 Å². The third-order valence-electron chi connectivity index (χ3n) is 4.00. The fourth-order valence-electron chi connectivity index (χ4n) is 2.52. The molecule has 0 amide bonds. The van der Waals surface area contributed by atoms with E-state index in [1.807, 2.05) is 18.2 Å². The average Bonchev–Trinajstić information content (AvgIpc) is 2.71. The van der Waals surface area contributed by atoms with Gasteiger partial charge in [-0.3, -0.25) is 0 Å². The summed E-state index contributed by atoms with van der Waals surface area (Å²) in [5, 5.41) is 10.4. The van der Waals surface area contributed by atoms with Gasteiger partial charge in [0, 0.05) is 10.0 Å². The number of hydrogen-bond acceptors (Lipinski definition) is 4. The smallest absolute Gasteiger partial charge is 0.216 e. The topological polar surface area (TPSA) is 67.2 Å². The first kappa shape index (κ1) is 20.9. The zero-order valence-corrected chi connectivity index (χ0v) is 17.4. The predicted octanol–water partition coefficient (Wildman–Crippen LogP) is 5.91. The Morgan fingerprint density at radius 3 is 2.28 bits per heavy atom. The highest BCUT2D eigenvalue weighted by Crippen LogP contribution is 2.24. The highest BCUT2D eigenvalue weighted by molar-refractivity contribution is 7.95. The summed E-state index contributed by atoms with van der Waals surface area (Å²) in [6, 6.07) is 21.6.